The molecule has 0 atom stereocenters. The van der Waals surface area contributed by atoms with E-state index in [1.165, 1.54) is 22.7 Å². The van der Waals surface area contributed by atoms with Crippen molar-refractivity contribution in [3.63, 3.8) is 0 Å². The van der Waals surface area contributed by atoms with Crippen molar-refractivity contribution in [2.24, 2.45) is 0 Å². The van der Waals surface area contributed by atoms with E-state index in [1.807, 2.05) is 30.3 Å². The second-order valence-electron chi connectivity index (χ2n) is 4.49. The number of aromatic carboxylic acids is 1. The number of benzene rings is 1. The van der Waals surface area contributed by atoms with Crippen LogP contribution < -0.4 is 0 Å². The van der Waals surface area contributed by atoms with Crippen molar-refractivity contribution >= 4 is 11.6 Å². The fourth-order valence-electron chi connectivity index (χ4n) is 2.12. The van der Waals surface area contributed by atoms with Crippen LogP contribution in [0, 0.1) is 0 Å². The molecular formula is C15H12N2O3. The van der Waals surface area contributed by atoms with E-state index in [1.54, 1.807) is 0 Å². The number of carboxylic acids is 1. The van der Waals surface area contributed by atoms with E-state index in [9.17, 15) is 9.90 Å². The SMILES string of the molecule is O=C(O)c1ccn2c(O)c(Cc3ccccc3)nc2c1. The average molecular weight is 268 g/mol. The molecule has 0 saturated carbocycles. The highest BCUT2D eigenvalue weighted by atomic mass is 16.4. The Morgan fingerprint density at radius 1 is 1.20 bits per heavy atom. The first-order chi connectivity index (χ1) is 9.65. The minimum atomic E-state index is -1.01. The van der Waals surface area contributed by atoms with E-state index in [4.69, 9.17) is 5.11 Å². The second-order valence-corrected chi connectivity index (χ2v) is 4.49. The molecule has 0 radical (unpaired) electrons. The van der Waals surface area contributed by atoms with Gasteiger partial charge in [-0.3, -0.25) is 4.40 Å². The van der Waals surface area contributed by atoms with E-state index < -0.39 is 5.97 Å². The van der Waals surface area contributed by atoms with Gasteiger partial charge in [-0.15, -0.1) is 0 Å². The van der Waals surface area contributed by atoms with Gasteiger partial charge in [0.05, 0.1) is 5.56 Å². The van der Waals surface area contributed by atoms with Crippen molar-refractivity contribution in [3.05, 3.63) is 65.5 Å². The van der Waals surface area contributed by atoms with Crippen LogP contribution in [0.2, 0.25) is 0 Å². The maximum Gasteiger partial charge on any atom is 0.335 e. The third-order valence-electron chi connectivity index (χ3n) is 3.13. The van der Waals surface area contributed by atoms with Crippen LogP contribution in [0.25, 0.3) is 5.65 Å². The van der Waals surface area contributed by atoms with E-state index in [2.05, 4.69) is 4.98 Å². The number of fused-ring (bicyclic) bond motifs is 1. The maximum absolute atomic E-state index is 10.9. The number of rotatable bonds is 3. The number of imidazole rings is 1. The molecule has 0 bridgehead atoms. The van der Waals surface area contributed by atoms with Crippen LogP contribution in [0.5, 0.6) is 5.88 Å². The van der Waals surface area contributed by atoms with Gasteiger partial charge in [0.15, 0.2) is 0 Å². The minimum Gasteiger partial charge on any atom is -0.493 e. The monoisotopic (exact) mass is 268 g/mol. The standard InChI is InChI=1S/C15H12N2O3/c18-14-12(8-10-4-2-1-3-5-10)16-13-9-11(15(19)20)6-7-17(13)14/h1-7,9,18H,8H2,(H,19,20). The van der Waals surface area contributed by atoms with Gasteiger partial charge in [0, 0.05) is 12.6 Å². The molecule has 3 aromatic rings. The summed E-state index contributed by atoms with van der Waals surface area (Å²) in [4.78, 5) is 15.2. The number of hydrogen-bond donors (Lipinski definition) is 2. The van der Waals surface area contributed by atoms with E-state index in [0.29, 0.717) is 17.8 Å². The Labute approximate surface area is 114 Å². The summed E-state index contributed by atoms with van der Waals surface area (Å²) in [5.41, 5.74) is 2.13. The van der Waals surface area contributed by atoms with Crippen LogP contribution in [0.3, 0.4) is 0 Å². The molecule has 0 unspecified atom stereocenters. The summed E-state index contributed by atoms with van der Waals surface area (Å²) in [5.74, 6) is -0.972. The molecule has 20 heavy (non-hydrogen) atoms. The minimum absolute atomic E-state index is 0.0424. The fourth-order valence-corrected chi connectivity index (χ4v) is 2.12. The number of aromatic nitrogens is 2. The van der Waals surface area contributed by atoms with E-state index in [-0.39, 0.29) is 11.4 Å². The Kier molecular flexibility index (Phi) is 2.87. The molecule has 0 spiro atoms. The zero-order valence-electron chi connectivity index (χ0n) is 10.5. The molecule has 5 nitrogen and oxygen atoms in total. The molecule has 0 aliphatic carbocycles. The Balaban J connectivity index is 2.04. The first-order valence-corrected chi connectivity index (χ1v) is 6.12. The summed E-state index contributed by atoms with van der Waals surface area (Å²) in [5, 5.41) is 19.1. The van der Waals surface area contributed by atoms with Crippen LogP contribution >= 0.6 is 0 Å². The van der Waals surface area contributed by atoms with Crippen LogP contribution in [0.1, 0.15) is 21.6 Å². The van der Waals surface area contributed by atoms with Crippen LogP contribution in [0.15, 0.2) is 48.7 Å². The zero-order valence-corrected chi connectivity index (χ0v) is 10.5. The number of carboxylic acid groups (broad SMARTS) is 1. The number of carbonyl (C=O) groups is 1. The molecule has 3 rings (SSSR count). The summed E-state index contributed by atoms with van der Waals surface area (Å²) in [6.45, 7) is 0. The summed E-state index contributed by atoms with van der Waals surface area (Å²) in [6.07, 6.45) is 2.01. The van der Waals surface area contributed by atoms with Crippen LogP contribution in [0.4, 0.5) is 0 Å². The van der Waals surface area contributed by atoms with Gasteiger partial charge >= 0.3 is 5.97 Å². The Morgan fingerprint density at radius 2 is 1.95 bits per heavy atom. The van der Waals surface area contributed by atoms with Gasteiger partial charge in [0.1, 0.15) is 11.3 Å². The Morgan fingerprint density at radius 3 is 2.65 bits per heavy atom. The van der Waals surface area contributed by atoms with Gasteiger partial charge in [0.2, 0.25) is 5.88 Å². The second kappa shape index (κ2) is 4.70. The summed E-state index contributed by atoms with van der Waals surface area (Å²) in [7, 11) is 0. The molecular weight excluding hydrogens is 256 g/mol. The Hall–Kier alpha value is -2.82. The molecule has 2 aromatic heterocycles. The number of hydrogen-bond acceptors (Lipinski definition) is 3. The number of nitrogens with zero attached hydrogens (tertiary/aromatic N) is 2. The third-order valence-corrected chi connectivity index (χ3v) is 3.13. The highest BCUT2D eigenvalue weighted by Gasteiger charge is 2.13. The molecule has 1 aromatic carbocycles. The first-order valence-electron chi connectivity index (χ1n) is 6.12. The van der Waals surface area contributed by atoms with E-state index >= 15 is 0 Å². The van der Waals surface area contributed by atoms with Crippen molar-refractivity contribution in [1.29, 1.82) is 0 Å². The van der Waals surface area contributed by atoms with Crippen molar-refractivity contribution in [2.45, 2.75) is 6.42 Å². The molecule has 0 aliphatic rings. The highest BCUT2D eigenvalue weighted by molar-refractivity contribution is 5.88. The van der Waals surface area contributed by atoms with Gasteiger partial charge in [0.25, 0.3) is 0 Å². The summed E-state index contributed by atoms with van der Waals surface area (Å²) < 4.78 is 1.48. The topological polar surface area (TPSA) is 74.8 Å². The maximum atomic E-state index is 10.9. The van der Waals surface area contributed by atoms with Gasteiger partial charge in [-0.1, -0.05) is 30.3 Å². The molecule has 0 amide bonds. The van der Waals surface area contributed by atoms with Crippen molar-refractivity contribution in [2.75, 3.05) is 0 Å². The predicted octanol–water partition coefficient (Wildman–Crippen LogP) is 2.33. The largest absolute Gasteiger partial charge is 0.493 e. The van der Waals surface area contributed by atoms with Crippen LogP contribution in [-0.4, -0.2) is 25.6 Å². The molecule has 0 aliphatic heterocycles. The Bertz CT molecular complexity index is 778. The zero-order chi connectivity index (χ0) is 14.1. The number of aromatic hydroxyl groups is 1. The van der Waals surface area contributed by atoms with Crippen molar-refractivity contribution in [3.8, 4) is 5.88 Å². The molecule has 2 N–H and O–H groups in total. The lowest BCUT2D eigenvalue weighted by Gasteiger charge is -1.99. The van der Waals surface area contributed by atoms with Gasteiger partial charge in [-0.05, 0) is 17.7 Å². The quantitative estimate of drug-likeness (QED) is 0.764. The fraction of sp³-hybridized carbons (Fsp3) is 0.0667. The molecule has 0 fully saturated rings. The average Bonchev–Trinajstić information content (AvgIpc) is 2.76. The van der Waals surface area contributed by atoms with Gasteiger partial charge < -0.3 is 10.2 Å². The molecule has 5 heteroatoms. The lowest BCUT2D eigenvalue weighted by Crippen LogP contribution is -1.97. The smallest absolute Gasteiger partial charge is 0.335 e. The summed E-state index contributed by atoms with van der Waals surface area (Å²) in [6, 6.07) is 12.5. The van der Waals surface area contributed by atoms with Crippen molar-refractivity contribution < 1.29 is 15.0 Å². The molecule has 100 valence electrons. The first kappa shape index (κ1) is 12.2. The lowest BCUT2D eigenvalue weighted by molar-refractivity contribution is 0.0697. The van der Waals surface area contributed by atoms with Crippen LogP contribution in [-0.2, 0) is 6.42 Å². The lowest BCUT2D eigenvalue weighted by atomic mass is 10.1. The normalized spacial score (nSPS) is 10.8. The highest BCUT2D eigenvalue weighted by Crippen LogP contribution is 2.22. The van der Waals surface area contributed by atoms with Gasteiger partial charge in [-0.25, -0.2) is 9.78 Å². The molecule has 0 saturated heterocycles. The van der Waals surface area contributed by atoms with Gasteiger partial charge in [-0.2, -0.15) is 0 Å². The molecule has 2 heterocycles. The third kappa shape index (κ3) is 2.09. The van der Waals surface area contributed by atoms with Crippen molar-refractivity contribution in [1.82, 2.24) is 9.38 Å². The predicted molar refractivity (Wildman–Crippen MR) is 73.1 cm³/mol. The number of pyridine rings is 1. The summed E-state index contributed by atoms with van der Waals surface area (Å²) >= 11 is 0. The van der Waals surface area contributed by atoms with E-state index in [0.717, 1.165) is 5.56 Å².